The van der Waals surface area contributed by atoms with Crippen molar-refractivity contribution in [2.45, 2.75) is 37.6 Å². The van der Waals surface area contributed by atoms with E-state index in [0.717, 1.165) is 16.5 Å². The van der Waals surface area contributed by atoms with Gasteiger partial charge in [-0.2, -0.15) is 0 Å². The van der Waals surface area contributed by atoms with Gasteiger partial charge in [-0.1, -0.05) is 18.2 Å². The van der Waals surface area contributed by atoms with Gasteiger partial charge in [0, 0.05) is 28.2 Å². The van der Waals surface area contributed by atoms with Crippen molar-refractivity contribution >= 4 is 32.7 Å². The van der Waals surface area contributed by atoms with Crippen LogP contribution in [0.4, 0.5) is 0 Å². The number of nitrogens with one attached hydrogen (secondary N) is 4. The molecule has 0 bridgehead atoms. The van der Waals surface area contributed by atoms with Crippen LogP contribution in [0.5, 0.6) is 5.75 Å². The maximum Gasteiger partial charge on any atom is 0.269 e. The topological polar surface area (TPSA) is 129 Å². The highest BCUT2D eigenvalue weighted by Crippen LogP contribution is 2.26. The third-order valence-corrected chi connectivity index (χ3v) is 6.28. The van der Waals surface area contributed by atoms with Gasteiger partial charge in [-0.25, -0.2) is 13.1 Å². The van der Waals surface area contributed by atoms with E-state index < -0.39 is 27.4 Å². The molecule has 0 unspecified atom stereocenters. The molecule has 0 fully saturated rings. The predicted molar refractivity (Wildman–Crippen MR) is 121 cm³/mol. The maximum absolute atomic E-state index is 12.8. The first-order valence-corrected chi connectivity index (χ1v) is 11.3. The number of hydrogen-bond donors (Lipinski definition) is 4. The first kappa shape index (κ1) is 23.3. The van der Waals surface area contributed by atoms with Crippen molar-refractivity contribution in [3.8, 4) is 5.75 Å². The number of rotatable bonds is 6. The van der Waals surface area contributed by atoms with Crippen molar-refractivity contribution in [3.05, 3.63) is 59.8 Å². The molecular formula is C22H26N4O5S. The van der Waals surface area contributed by atoms with Crippen LogP contribution < -0.4 is 20.3 Å². The Morgan fingerprint density at radius 3 is 2.47 bits per heavy atom. The van der Waals surface area contributed by atoms with Gasteiger partial charge in [-0.15, -0.1) is 0 Å². The summed E-state index contributed by atoms with van der Waals surface area (Å²) in [4.78, 5) is 27.8. The first-order valence-electron chi connectivity index (χ1n) is 9.86. The molecule has 4 N–H and O–H groups in total. The second kappa shape index (κ2) is 9.01. The number of H-pyrrole nitrogens is 1. The zero-order valence-corrected chi connectivity index (χ0v) is 19.1. The number of ether oxygens (including phenoxy) is 1. The molecule has 2 aromatic carbocycles. The minimum absolute atomic E-state index is 0.0486. The smallest absolute Gasteiger partial charge is 0.269 e. The molecule has 1 heterocycles. The van der Waals surface area contributed by atoms with Crippen LogP contribution in [0.25, 0.3) is 10.9 Å². The Morgan fingerprint density at radius 2 is 1.78 bits per heavy atom. The Hall–Kier alpha value is -3.37. The van der Waals surface area contributed by atoms with Crippen LogP contribution in [0.3, 0.4) is 0 Å². The van der Waals surface area contributed by atoms with Gasteiger partial charge >= 0.3 is 0 Å². The van der Waals surface area contributed by atoms with Gasteiger partial charge in [-0.05, 0) is 50.6 Å². The van der Waals surface area contributed by atoms with Gasteiger partial charge in [0.25, 0.3) is 5.91 Å². The van der Waals surface area contributed by atoms with Crippen LogP contribution in [0, 0.1) is 0 Å². The molecule has 1 aromatic heterocycles. The Kier molecular flexibility index (Phi) is 6.56. The number of aromatic nitrogens is 1. The number of methoxy groups -OCH3 is 1. The number of benzene rings is 2. The molecule has 0 saturated carbocycles. The molecule has 3 aromatic rings. The van der Waals surface area contributed by atoms with E-state index in [9.17, 15) is 18.0 Å². The highest BCUT2D eigenvalue weighted by Gasteiger charge is 2.26. The molecule has 0 saturated heterocycles. The number of sulfonamides is 1. The molecule has 32 heavy (non-hydrogen) atoms. The van der Waals surface area contributed by atoms with E-state index in [-0.39, 0.29) is 22.6 Å². The lowest BCUT2D eigenvalue weighted by Crippen LogP contribution is -2.42. The van der Waals surface area contributed by atoms with Crippen LogP contribution in [0.2, 0.25) is 0 Å². The number of carbonyl (C=O) groups is 2. The first-order chi connectivity index (χ1) is 15.0. The quantitative estimate of drug-likeness (QED) is 0.421. The summed E-state index contributed by atoms with van der Waals surface area (Å²) in [5, 5.41) is 0.922. The molecule has 170 valence electrons. The van der Waals surface area contributed by atoms with Gasteiger partial charge in [-0.3, -0.25) is 20.4 Å². The van der Waals surface area contributed by atoms with E-state index in [1.165, 1.54) is 25.3 Å². The lowest BCUT2D eigenvalue weighted by Gasteiger charge is -2.21. The van der Waals surface area contributed by atoms with Crippen molar-refractivity contribution in [2.24, 2.45) is 0 Å². The third-order valence-electron chi connectivity index (χ3n) is 4.50. The largest absolute Gasteiger partial charge is 0.495 e. The summed E-state index contributed by atoms with van der Waals surface area (Å²) in [6.07, 6.45) is 1.80. The molecule has 0 aliphatic carbocycles. The lowest BCUT2D eigenvalue weighted by atomic mass is 10.1. The van der Waals surface area contributed by atoms with Crippen molar-refractivity contribution in [1.82, 2.24) is 20.6 Å². The average Bonchev–Trinajstić information content (AvgIpc) is 3.12. The molecule has 0 radical (unpaired) electrons. The van der Waals surface area contributed by atoms with Crippen molar-refractivity contribution in [2.75, 3.05) is 7.11 Å². The SMILES string of the molecule is COc1ccc(C(=O)NNC(=O)Cc2c[nH]c3ccccc23)cc1S(=O)(=O)NC(C)(C)C. The highest BCUT2D eigenvalue weighted by molar-refractivity contribution is 7.89. The molecule has 9 nitrogen and oxygen atoms in total. The molecular weight excluding hydrogens is 432 g/mol. The van der Waals surface area contributed by atoms with Crippen LogP contribution in [-0.4, -0.2) is 37.9 Å². The summed E-state index contributed by atoms with van der Waals surface area (Å²) in [6.45, 7) is 5.12. The minimum atomic E-state index is -3.95. The molecule has 0 aliphatic rings. The minimum Gasteiger partial charge on any atom is -0.495 e. The molecule has 0 aliphatic heterocycles. The van der Waals surface area contributed by atoms with Crippen LogP contribution >= 0.6 is 0 Å². The van der Waals surface area contributed by atoms with E-state index in [2.05, 4.69) is 20.6 Å². The number of amides is 2. The third kappa shape index (κ3) is 5.45. The zero-order valence-electron chi connectivity index (χ0n) is 18.3. The summed E-state index contributed by atoms with van der Waals surface area (Å²) >= 11 is 0. The standard InChI is InChI=1S/C22H26N4O5S/c1-22(2,3)26-32(29,30)19-11-14(9-10-18(19)31-4)21(28)25-24-20(27)12-15-13-23-17-8-6-5-7-16(15)17/h5-11,13,23,26H,12H2,1-4H3,(H,24,27)(H,25,28). The van der Waals surface area contributed by atoms with Gasteiger partial charge in [0.1, 0.15) is 10.6 Å². The van der Waals surface area contributed by atoms with E-state index >= 15 is 0 Å². The summed E-state index contributed by atoms with van der Waals surface area (Å²) in [6, 6.07) is 11.6. The van der Waals surface area contributed by atoms with Gasteiger partial charge in [0.2, 0.25) is 15.9 Å². The number of hydrazine groups is 1. The van der Waals surface area contributed by atoms with Crippen LogP contribution in [0.15, 0.2) is 53.6 Å². The maximum atomic E-state index is 12.8. The summed E-state index contributed by atoms with van der Waals surface area (Å²) in [5.74, 6) is -0.979. The van der Waals surface area contributed by atoms with Gasteiger partial charge in [0.05, 0.1) is 13.5 Å². The fraction of sp³-hybridized carbons (Fsp3) is 0.273. The normalized spacial score (nSPS) is 11.9. The van der Waals surface area contributed by atoms with Crippen molar-refractivity contribution < 1.29 is 22.7 Å². The number of para-hydroxylation sites is 1. The molecule has 0 spiro atoms. The second-order valence-corrected chi connectivity index (χ2v) is 9.91. The fourth-order valence-electron chi connectivity index (χ4n) is 3.18. The average molecular weight is 459 g/mol. The van der Waals surface area contributed by atoms with E-state index in [0.29, 0.717) is 0 Å². The van der Waals surface area contributed by atoms with Crippen LogP contribution in [0.1, 0.15) is 36.7 Å². The summed E-state index contributed by atoms with van der Waals surface area (Å²) < 4.78 is 33.2. The predicted octanol–water partition coefficient (Wildman–Crippen LogP) is 2.26. The highest BCUT2D eigenvalue weighted by atomic mass is 32.2. The lowest BCUT2D eigenvalue weighted by molar-refractivity contribution is -0.121. The Bertz CT molecular complexity index is 1260. The van der Waals surface area contributed by atoms with Crippen molar-refractivity contribution in [3.63, 3.8) is 0 Å². The Labute approximate surface area is 186 Å². The number of fused-ring (bicyclic) bond motifs is 1. The van der Waals surface area contributed by atoms with Gasteiger partial charge < -0.3 is 9.72 Å². The summed E-state index contributed by atoms with van der Waals surface area (Å²) in [5.41, 5.74) is 5.71. The Balaban J connectivity index is 1.71. The van der Waals surface area contributed by atoms with E-state index in [1.807, 2.05) is 24.3 Å². The van der Waals surface area contributed by atoms with Crippen molar-refractivity contribution in [1.29, 1.82) is 0 Å². The Morgan fingerprint density at radius 1 is 1.06 bits per heavy atom. The number of hydrogen-bond acceptors (Lipinski definition) is 5. The molecule has 10 heteroatoms. The van der Waals surface area contributed by atoms with E-state index in [4.69, 9.17) is 4.74 Å². The second-order valence-electron chi connectivity index (χ2n) is 8.26. The van der Waals surface area contributed by atoms with Crippen LogP contribution in [-0.2, 0) is 21.2 Å². The molecule has 0 atom stereocenters. The molecule has 2 amide bonds. The fourth-order valence-corrected chi connectivity index (χ4v) is 4.79. The monoisotopic (exact) mass is 458 g/mol. The summed E-state index contributed by atoms with van der Waals surface area (Å²) in [7, 11) is -2.61. The molecule has 3 rings (SSSR count). The zero-order chi connectivity index (χ0) is 23.5. The van der Waals surface area contributed by atoms with E-state index in [1.54, 1.807) is 27.0 Å². The number of aromatic amines is 1. The number of carbonyl (C=O) groups excluding carboxylic acids is 2. The van der Waals surface area contributed by atoms with Gasteiger partial charge in [0.15, 0.2) is 0 Å².